The second-order valence-electron chi connectivity index (χ2n) is 8.28. The minimum atomic E-state index is -4.20. The summed E-state index contributed by atoms with van der Waals surface area (Å²) >= 11 is 5.87. The van der Waals surface area contributed by atoms with Gasteiger partial charge in [0.25, 0.3) is 0 Å². The van der Waals surface area contributed by atoms with E-state index >= 15 is 0 Å². The third kappa shape index (κ3) is 5.18. The normalized spacial score (nSPS) is 15.7. The molecule has 0 bridgehead atoms. The monoisotopic (exact) mass is 471 g/mol. The van der Waals surface area contributed by atoms with Gasteiger partial charge < -0.3 is 9.64 Å². The number of benzene rings is 2. The third-order valence-electron chi connectivity index (χ3n) is 5.33. The van der Waals surface area contributed by atoms with E-state index in [0.29, 0.717) is 18.1 Å². The van der Waals surface area contributed by atoms with Gasteiger partial charge in [-0.15, -0.1) is 0 Å². The number of carbonyl (C=O) groups is 1. The van der Waals surface area contributed by atoms with Crippen LogP contribution in [0, 0.1) is 17.0 Å². The maximum absolute atomic E-state index is 14.7. The molecule has 0 radical (unpaired) electrons. The first-order chi connectivity index (χ1) is 14.5. The molecule has 0 aliphatic carbocycles. The number of likely N-dealkylation sites (tertiary alicyclic amines) is 1. The predicted octanol–water partition coefficient (Wildman–Crippen LogP) is 5.39. The Morgan fingerprint density at radius 3 is 2.35 bits per heavy atom. The van der Waals surface area contributed by atoms with Gasteiger partial charge in [0.15, 0.2) is 9.84 Å². The first-order valence-electron chi connectivity index (χ1n) is 9.88. The molecule has 0 spiro atoms. The molecule has 1 amide bonds. The summed E-state index contributed by atoms with van der Waals surface area (Å²) in [5, 5.41) is -1.17. The first kappa shape index (κ1) is 23.5. The Morgan fingerprint density at radius 2 is 1.74 bits per heavy atom. The maximum Gasteiger partial charge on any atom is 0.409 e. The highest BCUT2D eigenvalue weighted by atomic mass is 35.5. The summed E-state index contributed by atoms with van der Waals surface area (Å²) in [5.74, 6) is -1.62. The molecule has 2 aromatic carbocycles. The molecule has 1 atom stereocenters. The second kappa shape index (κ2) is 9.12. The molecule has 0 N–H and O–H groups in total. The largest absolute Gasteiger partial charge is 0.449 e. The van der Waals surface area contributed by atoms with Crippen molar-refractivity contribution in [1.82, 2.24) is 4.90 Å². The average molecular weight is 472 g/mol. The molecule has 3 rings (SSSR count). The summed E-state index contributed by atoms with van der Waals surface area (Å²) in [6, 6.07) is 8.13. The van der Waals surface area contributed by atoms with Crippen molar-refractivity contribution in [1.29, 1.82) is 0 Å². The van der Waals surface area contributed by atoms with Crippen LogP contribution in [0.1, 0.15) is 37.5 Å². The van der Waals surface area contributed by atoms with E-state index in [1.54, 1.807) is 18.7 Å². The molecule has 0 saturated carbocycles. The molecule has 9 heteroatoms. The number of sulfone groups is 1. The molecular weight excluding hydrogens is 448 g/mol. The molecule has 1 unspecified atom stereocenters. The lowest BCUT2D eigenvalue weighted by atomic mass is 9.85. The maximum atomic E-state index is 14.7. The zero-order chi connectivity index (χ0) is 22.8. The number of carbonyl (C=O) groups excluding carboxylic acids is 1. The highest BCUT2D eigenvalue weighted by molar-refractivity contribution is 7.91. The number of ether oxygens (including phenoxy) is 1. The van der Waals surface area contributed by atoms with Crippen LogP contribution in [0.2, 0.25) is 5.02 Å². The zero-order valence-electron chi connectivity index (χ0n) is 17.3. The van der Waals surface area contributed by atoms with Crippen molar-refractivity contribution in [3.05, 3.63) is 64.7 Å². The Hall–Kier alpha value is -2.19. The van der Waals surface area contributed by atoms with Crippen LogP contribution in [-0.2, 0) is 14.6 Å². The number of amides is 1. The van der Waals surface area contributed by atoms with Crippen LogP contribution in [0.25, 0.3) is 0 Å². The number of nitrogens with zero attached hydrogens (tertiary/aromatic N) is 1. The number of halogens is 3. The summed E-state index contributed by atoms with van der Waals surface area (Å²) in [6.45, 7) is 3.95. The van der Waals surface area contributed by atoms with E-state index in [-0.39, 0.29) is 17.1 Å². The molecule has 1 aliphatic rings. The van der Waals surface area contributed by atoms with Crippen molar-refractivity contribution in [2.75, 3.05) is 19.7 Å². The van der Waals surface area contributed by atoms with Gasteiger partial charge in [0.2, 0.25) is 0 Å². The standard InChI is InChI=1S/C22H24ClF2NO4S/c1-22(2,14-30-21(27)26-11-3-4-12-26)20(18-13-16(24)7-10-19(18)25)31(28,29)17-8-5-15(23)6-9-17/h5-10,13,20H,3-4,11-12,14H2,1-2H3. The smallest absolute Gasteiger partial charge is 0.409 e. The first-order valence-corrected chi connectivity index (χ1v) is 11.8. The SMILES string of the molecule is CC(C)(COC(=O)N1CCCC1)C(c1cc(F)ccc1F)S(=O)(=O)c1ccc(Cl)cc1. The van der Waals surface area contributed by atoms with E-state index < -0.39 is 38.2 Å². The molecule has 168 valence electrons. The van der Waals surface area contributed by atoms with Crippen LogP contribution < -0.4 is 0 Å². The van der Waals surface area contributed by atoms with Crippen LogP contribution in [0.15, 0.2) is 47.4 Å². The number of rotatable bonds is 6. The summed E-state index contributed by atoms with van der Waals surface area (Å²) < 4.78 is 61.3. The van der Waals surface area contributed by atoms with Gasteiger partial charge in [0.1, 0.15) is 16.9 Å². The van der Waals surface area contributed by atoms with Gasteiger partial charge in [-0.2, -0.15) is 0 Å². The van der Waals surface area contributed by atoms with Crippen LogP contribution in [0.5, 0.6) is 0 Å². The van der Waals surface area contributed by atoms with Gasteiger partial charge in [-0.1, -0.05) is 25.4 Å². The molecule has 1 aliphatic heterocycles. The quantitative estimate of drug-likeness (QED) is 0.566. The molecular formula is C22H24ClF2NO4S. The molecule has 5 nitrogen and oxygen atoms in total. The average Bonchev–Trinajstić information content (AvgIpc) is 3.24. The van der Waals surface area contributed by atoms with E-state index in [1.807, 2.05) is 0 Å². The number of hydrogen-bond acceptors (Lipinski definition) is 4. The Morgan fingerprint density at radius 1 is 1.13 bits per heavy atom. The van der Waals surface area contributed by atoms with E-state index in [0.717, 1.165) is 31.0 Å². The minimum absolute atomic E-state index is 0.0931. The lowest BCUT2D eigenvalue weighted by Crippen LogP contribution is -2.37. The summed E-state index contributed by atoms with van der Waals surface area (Å²) in [6.07, 6.45) is 1.20. The van der Waals surface area contributed by atoms with E-state index in [9.17, 15) is 22.0 Å². The van der Waals surface area contributed by atoms with Crippen LogP contribution in [0.4, 0.5) is 13.6 Å². The molecule has 1 saturated heterocycles. The van der Waals surface area contributed by atoms with Crippen molar-refractivity contribution in [2.24, 2.45) is 5.41 Å². The second-order valence-corrected chi connectivity index (χ2v) is 10.8. The van der Waals surface area contributed by atoms with Gasteiger partial charge in [0.05, 0.1) is 11.5 Å². The Labute approximate surface area is 185 Å². The topological polar surface area (TPSA) is 63.7 Å². The van der Waals surface area contributed by atoms with Gasteiger partial charge in [-0.05, 0) is 55.3 Å². The molecule has 1 fully saturated rings. The Balaban J connectivity index is 2.01. The minimum Gasteiger partial charge on any atom is -0.449 e. The molecule has 1 heterocycles. The molecule has 2 aromatic rings. The van der Waals surface area contributed by atoms with Crippen molar-refractivity contribution >= 4 is 27.5 Å². The lowest BCUT2D eigenvalue weighted by molar-refractivity contribution is 0.0701. The van der Waals surface area contributed by atoms with E-state index in [2.05, 4.69) is 0 Å². The van der Waals surface area contributed by atoms with Crippen LogP contribution in [0.3, 0.4) is 0 Å². The van der Waals surface area contributed by atoms with Crippen molar-refractivity contribution < 1.29 is 26.7 Å². The molecule has 31 heavy (non-hydrogen) atoms. The Bertz CT molecular complexity index is 1050. The van der Waals surface area contributed by atoms with E-state index in [4.69, 9.17) is 16.3 Å². The van der Waals surface area contributed by atoms with Gasteiger partial charge in [0, 0.05) is 29.1 Å². The molecule has 0 aromatic heterocycles. The summed E-state index contributed by atoms with van der Waals surface area (Å²) in [7, 11) is -4.20. The fourth-order valence-corrected chi connectivity index (χ4v) is 6.14. The highest BCUT2D eigenvalue weighted by Gasteiger charge is 2.44. The summed E-state index contributed by atoms with van der Waals surface area (Å²) in [4.78, 5) is 13.8. The van der Waals surface area contributed by atoms with Crippen molar-refractivity contribution in [3.8, 4) is 0 Å². The fraction of sp³-hybridized carbons (Fsp3) is 0.409. The van der Waals surface area contributed by atoms with Crippen LogP contribution >= 0.6 is 11.6 Å². The summed E-state index contributed by atoms with van der Waals surface area (Å²) in [5.41, 5.74) is -1.60. The predicted molar refractivity (Wildman–Crippen MR) is 114 cm³/mol. The number of hydrogen-bond donors (Lipinski definition) is 0. The van der Waals surface area contributed by atoms with Gasteiger partial charge in [-0.3, -0.25) is 0 Å². The highest BCUT2D eigenvalue weighted by Crippen LogP contribution is 2.44. The van der Waals surface area contributed by atoms with Crippen molar-refractivity contribution in [3.63, 3.8) is 0 Å². The van der Waals surface area contributed by atoms with Crippen molar-refractivity contribution in [2.45, 2.75) is 36.8 Å². The van der Waals surface area contributed by atoms with Gasteiger partial charge >= 0.3 is 6.09 Å². The van der Waals surface area contributed by atoms with Crippen LogP contribution in [-0.4, -0.2) is 39.1 Å². The van der Waals surface area contributed by atoms with E-state index in [1.165, 1.54) is 24.3 Å². The lowest BCUT2D eigenvalue weighted by Gasteiger charge is -2.34. The zero-order valence-corrected chi connectivity index (χ0v) is 18.8. The fourth-order valence-electron chi connectivity index (χ4n) is 3.80. The third-order valence-corrected chi connectivity index (χ3v) is 8.03. The van der Waals surface area contributed by atoms with Gasteiger partial charge in [-0.25, -0.2) is 22.0 Å². The Kier molecular flexibility index (Phi) is 6.91.